The SMILES string of the molecule is C=C(C)Cc1ccc(Cl)c(OC)c1. The van der Waals surface area contributed by atoms with E-state index in [0.717, 1.165) is 17.7 Å². The second-order valence-corrected chi connectivity index (χ2v) is 3.51. The van der Waals surface area contributed by atoms with Crippen LogP contribution in [0.25, 0.3) is 0 Å². The first-order valence-electron chi connectivity index (χ1n) is 4.10. The van der Waals surface area contributed by atoms with Gasteiger partial charge in [-0.15, -0.1) is 0 Å². The lowest BCUT2D eigenvalue weighted by Gasteiger charge is -2.05. The van der Waals surface area contributed by atoms with Crippen LogP contribution in [0, 0.1) is 0 Å². The van der Waals surface area contributed by atoms with Gasteiger partial charge in [-0.3, -0.25) is 0 Å². The number of ether oxygens (including phenoxy) is 1. The summed E-state index contributed by atoms with van der Waals surface area (Å²) in [6.45, 7) is 5.86. The third kappa shape index (κ3) is 2.78. The van der Waals surface area contributed by atoms with E-state index in [0.29, 0.717) is 5.02 Å². The maximum absolute atomic E-state index is 5.89. The van der Waals surface area contributed by atoms with Crippen LogP contribution in [0.3, 0.4) is 0 Å². The molecule has 1 aromatic rings. The van der Waals surface area contributed by atoms with Crippen molar-refractivity contribution in [3.8, 4) is 5.75 Å². The molecule has 0 bridgehead atoms. The summed E-state index contributed by atoms with van der Waals surface area (Å²) in [4.78, 5) is 0. The quantitative estimate of drug-likeness (QED) is 0.673. The van der Waals surface area contributed by atoms with Gasteiger partial charge < -0.3 is 4.74 Å². The first-order valence-corrected chi connectivity index (χ1v) is 4.48. The van der Waals surface area contributed by atoms with Gasteiger partial charge in [0, 0.05) is 0 Å². The molecule has 0 amide bonds. The third-order valence-electron chi connectivity index (χ3n) is 1.72. The van der Waals surface area contributed by atoms with Crippen LogP contribution < -0.4 is 4.74 Å². The van der Waals surface area contributed by atoms with Crippen LogP contribution in [0.1, 0.15) is 12.5 Å². The van der Waals surface area contributed by atoms with E-state index in [2.05, 4.69) is 6.58 Å². The van der Waals surface area contributed by atoms with E-state index in [1.165, 1.54) is 5.56 Å². The molecule has 13 heavy (non-hydrogen) atoms. The van der Waals surface area contributed by atoms with E-state index in [1.807, 2.05) is 25.1 Å². The van der Waals surface area contributed by atoms with Gasteiger partial charge in [0.15, 0.2) is 0 Å². The molecule has 0 unspecified atom stereocenters. The smallest absolute Gasteiger partial charge is 0.137 e. The molecule has 0 spiro atoms. The topological polar surface area (TPSA) is 9.23 Å². The lowest BCUT2D eigenvalue weighted by molar-refractivity contribution is 0.414. The van der Waals surface area contributed by atoms with E-state index in [1.54, 1.807) is 7.11 Å². The van der Waals surface area contributed by atoms with E-state index in [4.69, 9.17) is 16.3 Å². The van der Waals surface area contributed by atoms with E-state index < -0.39 is 0 Å². The standard InChI is InChI=1S/C11H13ClO/c1-8(2)6-9-4-5-10(12)11(7-9)13-3/h4-5,7H,1,6H2,2-3H3. The van der Waals surface area contributed by atoms with Gasteiger partial charge in [-0.25, -0.2) is 0 Å². The Balaban J connectivity index is 2.92. The van der Waals surface area contributed by atoms with Crippen LogP contribution in [-0.4, -0.2) is 7.11 Å². The summed E-state index contributed by atoms with van der Waals surface area (Å²) in [5, 5.41) is 0.646. The molecule has 0 aromatic heterocycles. The van der Waals surface area contributed by atoms with Gasteiger partial charge in [0.1, 0.15) is 5.75 Å². The summed E-state index contributed by atoms with van der Waals surface area (Å²) in [5.41, 5.74) is 2.30. The summed E-state index contributed by atoms with van der Waals surface area (Å²) in [7, 11) is 1.62. The number of benzene rings is 1. The number of methoxy groups -OCH3 is 1. The molecule has 0 atom stereocenters. The van der Waals surface area contributed by atoms with Crippen molar-refractivity contribution in [2.45, 2.75) is 13.3 Å². The fraction of sp³-hybridized carbons (Fsp3) is 0.273. The summed E-state index contributed by atoms with van der Waals surface area (Å²) < 4.78 is 5.11. The van der Waals surface area contributed by atoms with Crippen molar-refractivity contribution in [1.82, 2.24) is 0 Å². The van der Waals surface area contributed by atoms with Crippen LogP contribution >= 0.6 is 11.6 Å². The minimum absolute atomic E-state index is 0.646. The maximum Gasteiger partial charge on any atom is 0.137 e. The predicted octanol–water partition coefficient (Wildman–Crippen LogP) is 3.47. The van der Waals surface area contributed by atoms with Crippen LogP contribution in [0.4, 0.5) is 0 Å². The molecule has 0 saturated heterocycles. The summed E-state index contributed by atoms with van der Waals surface area (Å²) in [5.74, 6) is 0.723. The minimum Gasteiger partial charge on any atom is -0.495 e. The molecule has 70 valence electrons. The lowest BCUT2D eigenvalue weighted by Crippen LogP contribution is -1.89. The molecule has 0 saturated carbocycles. The van der Waals surface area contributed by atoms with Crippen molar-refractivity contribution in [2.75, 3.05) is 7.11 Å². The Bertz CT molecular complexity index is 318. The molecule has 1 nitrogen and oxygen atoms in total. The molecule has 0 N–H and O–H groups in total. The van der Waals surface area contributed by atoms with Crippen molar-refractivity contribution in [3.63, 3.8) is 0 Å². The number of hydrogen-bond donors (Lipinski definition) is 0. The highest BCUT2D eigenvalue weighted by Gasteiger charge is 2.01. The van der Waals surface area contributed by atoms with Crippen LogP contribution in [0.5, 0.6) is 5.75 Å². The first kappa shape index (κ1) is 10.1. The van der Waals surface area contributed by atoms with Crippen molar-refractivity contribution in [1.29, 1.82) is 0 Å². The van der Waals surface area contributed by atoms with Gasteiger partial charge in [-0.1, -0.05) is 29.8 Å². The highest BCUT2D eigenvalue weighted by molar-refractivity contribution is 6.32. The van der Waals surface area contributed by atoms with Gasteiger partial charge >= 0.3 is 0 Å². The Kier molecular flexibility index (Phi) is 3.38. The van der Waals surface area contributed by atoms with Crippen molar-refractivity contribution >= 4 is 11.6 Å². The highest BCUT2D eigenvalue weighted by Crippen LogP contribution is 2.25. The van der Waals surface area contributed by atoms with Crippen molar-refractivity contribution < 1.29 is 4.74 Å². The molecule has 0 aliphatic heterocycles. The Labute approximate surface area is 84.0 Å². The van der Waals surface area contributed by atoms with Crippen molar-refractivity contribution in [3.05, 3.63) is 40.9 Å². The Hall–Kier alpha value is -0.950. The Morgan fingerprint density at radius 2 is 2.23 bits per heavy atom. The first-order chi connectivity index (χ1) is 6.13. The number of rotatable bonds is 3. The fourth-order valence-electron chi connectivity index (χ4n) is 1.16. The number of allylic oxidation sites excluding steroid dienone is 1. The summed E-state index contributed by atoms with van der Waals surface area (Å²) in [6.07, 6.45) is 0.869. The Morgan fingerprint density at radius 3 is 2.77 bits per heavy atom. The minimum atomic E-state index is 0.646. The largest absolute Gasteiger partial charge is 0.495 e. The third-order valence-corrected chi connectivity index (χ3v) is 2.03. The molecule has 0 heterocycles. The highest BCUT2D eigenvalue weighted by atomic mass is 35.5. The van der Waals surface area contributed by atoms with E-state index in [-0.39, 0.29) is 0 Å². The van der Waals surface area contributed by atoms with E-state index in [9.17, 15) is 0 Å². The van der Waals surface area contributed by atoms with Gasteiger partial charge in [0.25, 0.3) is 0 Å². The zero-order valence-corrected chi connectivity index (χ0v) is 8.69. The molecule has 1 rings (SSSR count). The zero-order chi connectivity index (χ0) is 9.84. The molecule has 2 heteroatoms. The average molecular weight is 197 g/mol. The molecule has 0 fully saturated rings. The van der Waals surface area contributed by atoms with Gasteiger partial charge in [-0.2, -0.15) is 0 Å². The van der Waals surface area contributed by atoms with Gasteiger partial charge in [-0.05, 0) is 31.0 Å². The second-order valence-electron chi connectivity index (χ2n) is 3.10. The maximum atomic E-state index is 5.89. The van der Waals surface area contributed by atoms with Crippen LogP contribution in [-0.2, 0) is 6.42 Å². The normalized spacial score (nSPS) is 9.77. The van der Waals surface area contributed by atoms with E-state index >= 15 is 0 Å². The molecule has 0 aliphatic rings. The average Bonchev–Trinajstić information content (AvgIpc) is 2.07. The molecular formula is C11H13ClO. The van der Waals surface area contributed by atoms with Crippen molar-refractivity contribution in [2.24, 2.45) is 0 Å². The monoisotopic (exact) mass is 196 g/mol. The fourth-order valence-corrected chi connectivity index (χ4v) is 1.36. The van der Waals surface area contributed by atoms with Gasteiger partial charge in [0.05, 0.1) is 12.1 Å². The van der Waals surface area contributed by atoms with Gasteiger partial charge in [0.2, 0.25) is 0 Å². The molecule has 0 radical (unpaired) electrons. The Morgan fingerprint density at radius 1 is 1.54 bits per heavy atom. The summed E-state index contributed by atoms with van der Waals surface area (Å²) >= 11 is 5.89. The molecule has 0 aliphatic carbocycles. The number of hydrogen-bond acceptors (Lipinski definition) is 1. The summed E-state index contributed by atoms with van der Waals surface area (Å²) in [6, 6.07) is 5.77. The predicted molar refractivity (Wildman–Crippen MR) is 56.5 cm³/mol. The van der Waals surface area contributed by atoms with Crippen LogP contribution in [0.15, 0.2) is 30.4 Å². The lowest BCUT2D eigenvalue weighted by atomic mass is 10.1. The second kappa shape index (κ2) is 4.33. The molecular weight excluding hydrogens is 184 g/mol. The number of halogens is 1. The van der Waals surface area contributed by atoms with Crippen LogP contribution in [0.2, 0.25) is 5.02 Å². The molecule has 1 aromatic carbocycles. The zero-order valence-electron chi connectivity index (χ0n) is 7.93.